The molecule has 3 radical (unpaired) electrons. The maximum absolute atomic E-state index is 2.31. The van der Waals surface area contributed by atoms with Gasteiger partial charge < -0.3 is 8.70 Å². The van der Waals surface area contributed by atoms with E-state index in [0.29, 0.717) is 0 Å². The fraction of sp³-hybridized carbons (Fsp3) is 1.00. The SMILES string of the molecule is C[N+]1(C)[B]C[N+](C)(C)[B-]1. The van der Waals surface area contributed by atoms with Crippen molar-refractivity contribution in [3.05, 3.63) is 0 Å². The van der Waals surface area contributed by atoms with Gasteiger partial charge in [-0.05, 0) is 0 Å². The topological polar surface area (TPSA) is 0 Å². The van der Waals surface area contributed by atoms with Crippen molar-refractivity contribution in [1.82, 2.24) is 0 Å². The molecule has 49 valence electrons. The van der Waals surface area contributed by atoms with Crippen LogP contribution < -0.4 is 0 Å². The van der Waals surface area contributed by atoms with Crippen molar-refractivity contribution in [2.24, 2.45) is 0 Å². The van der Waals surface area contributed by atoms with Gasteiger partial charge >= 0.3 is 15.0 Å². The molecule has 0 aliphatic carbocycles. The molecule has 1 fully saturated rings. The van der Waals surface area contributed by atoms with Crippen molar-refractivity contribution in [2.75, 3.05) is 34.6 Å². The van der Waals surface area contributed by atoms with E-state index in [-0.39, 0.29) is 0 Å². The molecule has 1 heterocycles. The second-order valence-corrected chi connectivity index (χ2v) is 3.89. The minimum atomic E-state index is 0.938. The highest BCUT2D eigenvalue weighted by atomic mass is 15.4. The molecule has 0 aromatic heterocycles. The van der Waals surface area contributed by atoms with Crippen LogP contribution in [0.25, 0.3) is 0 Å². The first-order chi connectivity index (χ1) is 3.91. The summed E-state index contributed by atoms with van der Waals surface area (Å²) in [6.07, 6.45) is 1.15. The Balaban J connectivity index is 2.58. The second kappa shape index (κ2) is 1.77. The third kappa shape index (κ3) is 1.73. The van der Waals surface area contributed by atoms with E-state index in [1.54, 1.807) is 0 Å². The largest absolute Gasteiger partial charge is 0.581 e. The Morgan fingerprint density at radius 1 is 1.22 bits per heavy atom. The number of hydrogen-bond acceptors (Lipinski definition) is 0. The van der Waals surface area contributed by atoms with E-state index in [4.69, 9.17) is 0 Å². The summed E-state index contributed by atoms with van der Waals surface area (Å²) in [5, 5.41) is 0. The standard InChI is InChI=1S/C5H14B2N2/c1-8(2)5-6-9(3,4)7-8/h5H2,1-4H3/q+1. The van der Waals surface area contributed by atoms with Crippen LogP contribution in [-0.4, -0.2) is 58.3 Å². The second-order valence-electron chi connectivity index (χ2n) is 3.89. The average molecular weight is 124 g/mol. The summed E-state index contributed by atoms with van der Waals surface area (Å²) in [5.74, 6) is 0. The van der Waals surface area contributed by atoms with Gasteiger partial charge in [0.05, 0.1) is 6.44 Å². The summed E-state index contributed by atoms with van der Waals surface area (Å²) in [6, 6.07) is 0. The van der Waals surface area contributed by atoms with E-state index in [0.717, 1.165) is 15.1 Å². The third-order valence-electron chi connectivity index (χ3n) is 1.63. The summed E-state index contributed by atoms with van der Waals surface area (Å²) < 4.78 is 1.94. The molecule has 0 N–H and O–H groups in total. The van der Waals surface area contributed by atoms with Crippen LogP contribution in [0.15, 0.2) is 0 Å². The van der Waals surface area contributed by atoms with Gasteiger partial charge in [0.15, 0.2) is 0 Å². The number of hydrogen-bond donors (Lipinski definition) is 0. The average Bonchev–Trinajstić information content (AvgIpc) is 1.78. The van der Waals surface area contributed by atoms with Crippen molar-refractivity contribution < 1.29 is 8.70 Å². The quantitative estimate of drug-likeness (QED) is 0.373. The molecule has 0 unspecified atom stereocenters. The summed E-state index contributed by atoms with van der Waals surface area (Å²) in [7, 11) is 13.4. The molecule has 1 aliphatic heterocycles. The molecular weight excluding hydrogens is 110 g/mol. The van der Waals surface area contributed by atoms with Crippen LogP contribution in [0.5, 0.6) is 0 Å². The van der Waals surface area contributed by atoms with E-state index >= 15 is 0 Å². The maximum Gasteiger partial charge on any atom is 0.455 e. The van der Waals surface area contributed by atoms with Gasteiger partial charge in [0.1, 0.15) is 0 Å². The summed E-state index contributed by atoms with van der Waals surface area (Å²) in [6.45, 7) is 0. The Kier molecular flexibility index (Phi) is 1.41. The van der Waals surface area contributed by atoms with E-state index in [9.17, 15) is 0 Å². The molecule has 0 saturated carbocycles. The molecule has 0 aromatic carbocycles. The zero-order valence-electron chi connectivity index (χ0n) is 6.76. The Bertz CT molecular complexity index is 108. The zero-order chi connectivity index (χ0) is 7.12. The lowest BCUT2D eigenvalue weighted by molar-refractivity contribution is -0.806. The van der Waals surface area contributed by atoms with Crippen molar-refractivity contribution in [2.45, 2.75) is 0 Å². The van der Waals surface area contributed by atoms with E-state index in [2.05, 4.69) is 43.2 Å². The number of rotatable bonds is 0. The van der Waals surface area contributed by atoms with E-state index < -0.39 is 0 Å². The molecule has 9 heavy (non-hydrogen) atoms. The Morgan fingerprint density at radius 2 is 1.78 bits per heavy atom. The zero-order valence-corrected chi connectivity index (χ0v) is 6.76. The monoisotopic (exact) mass is 124 g/mol. The highest BCUT2D eigenvalue weighted by Gasteiger charge is 2.31. The van der Waals surface area contributed by atoms with Crippen LogP contribution in [0.1, 0.15) is 0 Å². The number of quaternary nitrogens is 2. The highest BCUT2D eigenvalue weighted by Crippen LogP contribution is 2.08. The van der Waals surface area contributed by atoms with Gasteiger partial charge in [0.2, 0.25) is 0 Å². The molecule has 0 amide bonds. The lowest BCUT2D eigenvalue weighted by Gasteiger charge is -2.39. The third-order valence-corrected chi connectivity index (χ3v) is 1.63. The summed E-state index contributed by atoms with van der Waals surface area (Å²) in [4.78, 5) is 0. The fourth-order valence-corrected chi connectivity index (χ4v) is 1.32. The predicted octanol–water partition coefficient (Wildman–Crippen LogP) is -0.736. The first-order valence-corrected chi connectivity index (χ1v) is 3.29. The number of nitrogens with zero attached hydrogens (tertiary/aromatic N) is 2. The summed E-state index contributed by atoms with van der Waals surface area (Å²) >= 11 is 0. The fourth-order valence-electron chi connectivity index (χ4n) is 1.32. The van der Waals surface area contributed by atoms with Gasteiger partial charge in [-0.3, -0.25) is 0 Å². The van der Waals surface area contributed by atoms with Gasteiger partial charge in [-0.15, -0.1) is 0 Å². The molecule has 0 aromatic rings. The van der Waals surface area contributed by atoms with Crippen molar-refractivity contribution in [3.63, 3.8) is 0 Å². The molecule has 0 bridgehead atoms. The van der Waals surface area contributed by atoms with Gasteiger partial charge in [-0.2, -0.15) is 0 Å². The van der Waals surface area contributed by atoms with Crippen molar-refractivity contribution in [1.29, 1.82) is 0 Å². The molecule has 1 aliphatic rings. The molecule has 4 heteroatoms. The Labute approximate surface area is 59.2 Å². The van der Waals surface area contributed by atoms with Gasteiger partial charge in [-0.1, -0.05) is 0 Å². The van der Waals surface area contributed by atoms with Crippen LogP contribution in [0.3, 0.4) is 0 Å². The first kappa shape index (κ1) is 7.16. The predicted molar refractivity (Wildman–Crippen MR) is 40.6 cm³/mol. The van der Waals surface area contributed by atoms with Gasteiger partial charge in [0, 0.05) is 28.2 Å². The van der Waals surface area contributed by atoms with E-state index in [1.807, 2.05) is 0 Å². The smallest absolute Gasteiger partial charge is 0.455 e. The minimum absolute atomic E-state index is 0.938. The normalized spacial score (nSPS) is 29.8. The molecule has 1 rings (SSSR count). The molecular formula is C5H14B2N2+. The minimum Gasteiger partial charge on any atom is -0.581 e. The highest BCUT2D eigenvalue weighted by molar-refractivity contribution is 6.41. The van der Waals surface area contributed by atoms with Crippen molar-refractivity contribution >= 4 is 15.0 Å². The Morgan fingerprint density at radius 3 is 1.89 bits per heavy atom. The van der Waals surface area contributed by atoms with Crippen LogP contribution in [-0.2, 0) is 0 Å². The molecule has 0 atom stereocenters. The Hall–Kier alpha value is 0.0499. The molecule has 2 nitrogen and oxygen atoms in total. The molecule has 0 spiro atoms. The van der Waals surface area contributed by atoms with E-state index in [1.165, 1.54) is 0 Å². The lowest BCUT2D eigenvalue weighted by atomic mass is 9.88. The van der Waals surface area contributed by atoms with Gasteiger partial charge in [-0.25, -0.2) is 0 Å². The first-order valence-electron chi connectivity index (χ1n) is 3.29. The summed E-state index contributed by atoms with van der Waals surface area (Å²) in [5.41, 5.74) is 0. The lowest BCUT2D eigenvalue weighted by Crippen LogP contribution is -2.48. The van der Waals surface area contributed by atoms with Gasteiger partial charge in [0.25, 0.3) is 0 Å². The maximum atomic E-state index is 2.31. The van der Waals surface area contributed by atoms with Crippen LogP contribution in [0.2, 0.25) is 0 Å². The van der Waals surface area contributed by atoms with Crippen LogP contribution in [0, 0.1) is 0 Å². The van der Waals surface area contributed by atoms with Crippen LogP contribution >= 0.6 is 0 Å². The molecule has 1 saturated heterocycles. The van der Waals surface area contributed by atoms with Crippen LogP contribution in [0.4, 0.5) is 0 Å². The van der Waals surface area contributed by atoms with Crippen molar-refractivity contribution in [3.8, 4) is 0 Å².